The van der Waals surface area contributed by atoms with Gasteiger partial charge >= 0.3 is 0 Å². The van der Waals surface area contributed by atoms with E-state index in [0.717, 1.165) is 68.0 Å². The summed E-state index contributed by atoms with van der Waals surface area (Å²) in [5, 5.41) is 9.57. The number of nitrogens with zero attached hydrogens (tertiary/aromatic N) is 5. The minimum absolute atomic E-state index is 0.195. The lowest BCUT2D eigenvalue weighted by atomic mass is 9.90. The molecule has 3 aromatic rings. The summed E-state index contributed by atoms with van der Waals surface area (Å²) < 4.78 is 7.36. The lowest BCUT2D eigenvalue weighted by molar-refractivity contribution is -0.129. The van der Waals surface area contributed by atoms with Gasteiger partial charge in [0.05, 0.1) is 12.9 Å². The average molecular weight is 464 g/mol. The number of aromatic nitrogens is 3. The largest absolute Gasteiger partial charge is 0.497 e. The fourth-order valence-corrected chi connectivity index (χ4v) is 5.50. The summed E-state index contributed by atoms with van der Waals surface area (Å²) in [6, 6.07) is 18.6. The second kappa shape index (κ2) is 9.87. The van der Waals surface area contributed by atoms with Gasteiger partial charge in [0.15, 0.2) is 5.16 Å². The molecule has 0 unspecified atom stereocenters. The van der Waals surface area contributed by atoms with Gasteiger partial charge in [-0.25, -0.2) is 0 Å². The Hall–Kier alpha value is -3.00. The highest BCUT2D eigenvalue weighted by Gasteiger charge is 2.28. The Bertz CT molecular complexity index is 1080. The van der Waals surface area contributed by atoms with Crippen molar-refractivity contribution in [2.24, 2.45) is 5.92 Å². The number of rotatable bonds is 7. The topological polar surface area (TPSA) is 63.5 Å². The molecule has 0 radical (unpaired) electrons. The van der Waals surface area contributed by atoms with Crippen LogP contribution in [-0.2, 0) is 17.8 Å². The SMILES string of the molecule is COc1ccc(N2CCn3c(SCC(=O)N4CCC(Cc5ccccc5)CC4)nnc32)cc1. The fourth-order valence-electron chi connectivity index (χ4n) is 4.64. The van der Waals surface area contributed by atoms with Crippen molar-refractivity contribution in [2.75, 3.05) is 37.4 Å². The Labute approximate surface area is 198 Å². The average Bonchev–Trinajstić information content (AvgIpc) is 3.46. The van der Waals surface area contributed by atoms with E-state index in [1.54, 1.807) is 7.11 Å². The first-order chi connectivity index (χ1) is 16.2. The smallest absolute Gasteiger partial charge is 0.233 e. The molecule has 0 saturated carbocycles. The van der Waals surface area contributed by atoms with Crippen LogP contribution in [0.25, 0.3) is 0 Å². The van der Waals surface area contributed by atoms with Gasteiger partial charge in [-0.15, -0.1) is 10.2 Å². The van der Waals surface area contributed by atoms with E-state index in [-0.39, 0.29) is 5.91 Å². The molecule has 8 heteroatoms. The quantitative estimate of drug-likeness (QED) is 0.494. The second-order valence-corrected chi connectivity index (χ2v) is 9.53. The van der Waals surface area contributed by atoms with Crippen molar-refractivity contribution >= 4 is 29.3 Å². The third-order valence-electron chi connectivity index (χ3n) is 6.53. The predicted octanol–water partition coefficient (Wildman–Crippen LogP) is 4.01. The number of amides is 1. The van der Waals surface area contributed by atoms with Gasteiger partial charge in [-0.3, -0.25) is 9.36 Å². The molecule has 0 atom stereocenters. The number of anilines is 2. The van der Waals surface area contributed by atoms with Gasteiger partial charge < -0.3 is 14.5 Å². The lowest BCUT2D eigenvalue weighted by Gasteiger charge is -2.32. The summed E-state index contributed by atoms with van der Waals surface area (Å²) in [6.45, 7) is 3.35. The molecule has 1 saturated heterocycles. The van der Waals surface area contributed by atoms with Gasteiger partial charge in [0, 0.05) is 31.9 Å². The molecule has 0 bridgehead atoms. The standard InChI is InChI=1S/C25H29N5O2S/c1-32-22-9-7-21(8-10-22)29-15-16-30-24(29)26-27-25(30)33-18-23(31)28-13-11-20(12-14-28)17-19-5-3-2-4-6-19/h2-10,20H,11-18H2,1H3. The van der Waals surface area contributed by atoms with E-state index < -0.39 is 0 Å². The molecule has 1 aromatic heterocycles. The number of piperidine rings is 1. The zero-order valence-corrected chi connectivity index (χ0v) is 19.7. The van der Waals surface area contributed by atoms with Crippen LogP contribution in [0.3, 0.4) is 0 Å². The van der Waals surface area contributed by atoms with Crippen LogP contribution in [0, 0.1) is 5.92 Å². The summed E-state index contributed by atoms with van der Waals surface area (Å²) in [5.41, 5.74) is 2.45. The highest BCUT2D eigenvalue weighted by Crippen LogP contribution is 2.33. The second-order valence-electron chi connectivity index (χ2n) is 8.59. The van der Waals surface area contributed by atoms with E-state index >= 15 is 0 Å². The molecule has 5 rings (SSSR count). The number of fused-ring (bicyclic) bond motifs is 1. The molecule has 7 nitrogen and oxygen atoms in total. The predicted molar refractivity (Wildman–Crippen MR) is 130 cm³/mol. The highest BCUT2D eigenvalue weighted by molar-refractivity contribution is 7.99. The van der Waals surface area contributed by atoms with E-state index in [1.165, 1.54) is 17.3 Å². The first kappa shape index (κ1) is 21.8. The fraction of sp³-hybridized carbons (Fsp3) is 0.400. The van der Waals surface area contributed by atoms with E-state index in [4.69, 9.17) is 4.74 Å². The zero-order chi connectivity index (χ0) is 22.6. The van der Waals surface area contributed by atoms with Gasteiger partial charge in [-0.05, 0) is 55.0 Å². The molecule has 0 N–H and O–H groups in total. The molecule has 1 amide bonds. The number of thioether (sulfide) groups is 1. The van der Waals surface area contributed by atoms with Crippen LogP contribution in [-0.4, -0.2) is 58.1 Å². The number of ether oxygens (including phenoxy) is 1. The highest BCUT2D eigenvalue weighted by atomic mass is 32.2. The van der Waals surface area contributed by atoms with Gasteiger partial charge in [0.1, 0.15) is 5.75 Å². The zero-order valence-electron chi connectivity index (χ0n) is 18.9. The maximum atomic E-state index is 12.8. The maximum Gasteiger partial charge on any atom is 0.233 e. The maximum absolute atomic E-state index is 12.8. The van der Waals surface area contributed by atoms with E-state index in [2.05, 4.69) is 50.0 Å². The monoisotopic (exact) mass is 463 g/mol. The van der Waals surface area contributed by atoms with Crippen molar-refractivity contribution in [3.63, 3.8) is 0 Å². The third kappa shape index (κ3) is 4.85. The number of methoxy groups -OCH3 is 1. The number of hydrogen-bond donors (Lipinski definition) is 0. The first-order valence-corrected chi connectivity index (χ1v) is 12.5. The lowest BCUT2D eigenvalue weighted by Crippen LogP contribution is -2.39. The van der Waals surface area contributed by atoms with Crippen LogP contribution < -0.4 is 9.64 Å². The third-order valence-corrected chi connectivity index (χ3v) is 7.48. The summed E-state index contributed by atoms with van der Waals surface area (Å²) >= 11 is 1.49. The van der Waals surface area contributed by atoms with Crippen LogP contribution in [0.2, 0.25) is 0 Å². The van der Waals surface area contributed by atoms with E-state index in [0.29, 0.717) is 11.7 Å². The Morgan fingerprint density at radius 1 is 1.00 bits per heavy atom. The van der Waals surface area contributed by atoms with E-state index in [9.17, 15) is 4.79 Å². The van der Waals surface area contributed by atoms with Gasteiger partial charge in [-0.2, -0.15) is 0 Å². The molecule has 33 heavy (non-hydrogen) atoms. The first-order valence-electron chi connectivity index (χ1n) is 11.5. The van der Waals surface area contributed by atoms with Crippen molar-refractivity contribution in [2.45, 2.75) is 31.0 Å². The number of carbonyl (C=O) groups excluding carboxylic acids is 1. The van der Waals surface area contributed by atoms with Crippen molar-refractivity contribution in [1.29, 1.82) is 0 Å². The summed E-state index contributed by atoms with van der Waals surface area (Å²) in [7, 11) is 1.67. The van der Waals surface area contributed by atoms with Crippen LogP contribution in [0.5, 0.6) is 5.75 Å². The van der Waals surface area contributed by atoms with Crippen molar-refractivity contribution < 1.29 is 9.53 Å². The number of likely N-dealkylation sites (tertiary alicyclic amines) is 1. The molecule has 2 aliphatic rings. The van der Waals surface area contributed by atoms with Crippen molar-refractivity contribution in [3.05, 3.63) is 60.2 Å². The molecular formula is C25H29N5O2S. The Morgan fingerprint density at radius 3 is 2.48 bits per heavy atom. The molecular weight excluding hydrogens is 434 g/mol. The number of hydrogen-bond acceptors (Lipinski definition) is 6. The summed E-state index contributed by atoms with van der Waals surface area (Å²) in [6.07, 6.45) is 3.25. The molecule has 2 aromatic carbocycles. The van der Waals surface area contributed by atoms with Crippen molar-refractivity contribution in [3.8, 4) is 5.75 Å². The Balaban J connectivity index is 1.13. The normalized spacial score (nSPS) is 16.2. The Kier molecular flexibility index (Phi) is 6.53. The number of benzene rings is 2. The van der Waals surface area contributed by atoms with Gasteiger partial charge in [-0.1, -0.05) is 42.1 Å². The number of carbonyl (C=O) groups is 1. The molecule has 0 spiro atoms. The van der Waals surface area contributed by atoms with Crippen LogP contribution in [0.4, 0.5) is 11.6 Å². The summed E-state index contributed by atoms with van der Waals surface area (Å²) in [5.74, 6) is 2.92. The Morgan fingerprint density at radius 2 is 1.76 bits per heavy atom. The van der Waals surface area contributed by atoms with Gasteiger partial charge in [0.25, 0.3) is 0 Å². The molecule has 2 aliphatic heterocycles. The molecule has 3 heterocycles. The minimum Gasteiger partial charge on any atom is -0.497 e. The van der Waals surface area contributed by atoms with Crippen molar-refractivity contribution in [1.82, 2.24) is 19.7 Å². The molecule has 0 aliphatic carbocycles. The van der Waals surface area contributed by atoms with Crippen LogP contribution >= 0.6 is 11.8 Å². The summed E-state index contributed by atoms with van der Waals surface area (Å²) in [4.78, 5) is 17.0. The van der Waals surface area contributed by atoms with Crippen LogP contribution in [0.1, 0.15) is 18.4 Å². The van der Waals surface area contributed by atoms with E-state index in [1.807, 2.05) is 29.2 Å². The molecule has 172 valence electrons. The molecule has 1 fully saturated rings. The van der Waals surface area contributed by atoms with Crippen LogP contribution in [0.15, 0.2) is 59.8 Å². The minimum atomic E-state index is 0.195. The van der Waals surface area contributed by atoms with Gasteiger partial charge in [0.2, 0.25) is 11.9 Å².